The average molecular weight is 530 g/mol. The molecule has 186 valence electrons. The average Bonchev–Trinajstić information content (AvgIpc) is 2.82. The maximum absolute atomic E-state index is 13.2. The molecular formula is C22H28ClN3O6S2. The second kappa shape index (κ2) is 11.0. The summed E-state index contributed by atoms with van der Waals surface area (Å²) in [6, 6.07) is 10.8. The largest absolute Gasteiger partial charge is 0.495 e. The van der Waals surface area contributed by atoms with Gasteiger partial charge in [0.15, 0.2) is 0 Å². The molecule has 3 rings (SSSR count). The van der Waals surface area contributed by atoms with Gasteiger partial charge in [0, 0.05) is 31.2 Å². The van der Waals surface area contributed by atoms with Crippen LogP contribution in [0.5, 0.6) is 5.75 Å². The van der Waals surface area contributed by atoms with E-state index in [0.29, 0.717) is 12.8 Å². The SMILES string of the molecule is COc1ccc(Cl)cc1S(=O)(=O)N1CCC[C@@H](C(=O)NCCNS(=O)(=O)c2ccc(C)cc2)C1. The quantitative estimate of drug-likeness (QED) is 0.480. The molecule has 0 saturated carbocycles. The van der Waals surface area contributed by atoms with Gasteiger partial charge in [0.25, 0.3) is 0 Å². The van der Waals surface area contributed by atoms with Crippen molar-refractivity contribution in [3.05, 3.63) is 53.1 Å². The molecule has 2 N–H and O–H groups in total. The molecule has 0 aromatic heterocycles. The number of benzene rings is 2. The van der Waals surface area contributed by atoms with Crippen LogP contribution in [0.25, 0.3) is 0 Å². The van der Waals surface area contributed by atoms with Crippen molar-refractivity contribution in [3.8, 4) is 5.75 Å². The second-order valence-corrected chi connectivity index (χ2v) is 12.1. The van der Waals surface area contributed by atoms with E-state index in [9.17, 15) is 21.6 Å². The molecule has 1 aliphatic heterocycles. The van der Waals surface area contributed by atoms with E-state index in [2.05, 4.69) is 10.0 Å². The van der Waals surface area contributed by atoms with Crippen LogP contribution in [0, 0.1) is 12.8 Å². The molecule has 34 heavy (non-hydrogen) atoms. The van der Waals surface area contributed by atoms with Gasteiger partial charge in [-0.25, -0.2) is 21.6 Å². The summed E-state index contributed by atoms with van der Waals surface area (Å²) in [7, 11) is -6.22. The van der Waals surface area contributed by atoms with Gasteiger partial charge in [-0.1, -0.05) is 29.3 Å². The highest BCUT2D eigenvalue weighted by Crippen LogP contribution is 2.31. The standard InChI is InChI=1S/C22H28ClN3O6S2/c1-16-5-8-19(9-6-16)33(28,29)25-12-11-24-22(27)17-4-3-13-26(15-17)34(30,31)21-14-18(23)7-10-20(21)32-2/h5-10,14,17,25H,3-4,11-13,15H2,1-2H3,(H,24,27)/t17-/m1/s1. The summed E-state index contributed by atoms with van der Waals surface area (Å²) in [5.74, 6) is -0.702. The molecule has 1 heterocycles. The van der Waals surface area contributed by atoms with Crippen LogP contribution in [0.3, 0.4) is 0 Å². The molecule has 0 bridgehead atoms. The van der Waals surface area contributed by atoms with Gasteiger partial charge >= 0.3 is 0 Å². The fourth-order valence-electron chi connectivity index (χ4n) is 3.68. The zero-order valence-corrected chi connectivity index (χ0v) is 21.3. The van der Waals surface area contributed by atoms with E-state index in [4.69, 9.17) is 16.3 Å². The van der Waals surface area contributed by atoms with Crippen LogP contribution in [0.15, 0.2) is 52.3 Å². The summed E-state index contributed by atoms with van der Waals surface area (Å²) in [5.41, 5.74) is 0.948. The predicted molar refractivity (Wildman–Crippen MR) is 129 cm³/mol. The fourth-order valence-corrected chi connectivity index (χ4v) is 6.66. The highest BCUT2D eigenvalue weighted by Gasteiger charge is 2.35. The summed E-state index contributed by atoms with van der Waals surface area (Å²) in [6.45, 7) is 2.24. The van der Waals surface area contributed by atoms with Gasteiger partial charge < -0.3 is 10.1 Å². The number of rotatable bonds is 9. The van der Waals surface area contributed by atoms with Crippen LogP contribution in [-0.2, 0) is 24.8 Å². The third-order valence-electron chi connectivity index (χ3n) is 5.55. The Morgan fingerprint density at radius 2 is 1.82 bits per heavy atom. The molecule has 1 amide bonds. The topological polar surface area (TPSA) is 122 Å². The lowest BCUT2D eigenvalue weighted by Crippen LogP contribution is -2.46. The summed E-state index contributed by atoms with van der Waals surface area (Å²) < 4.78 is 60.0. The Bertz CT molecular complexity index is 1230. The van der Waals surface area contributed by atoms with Crippen LogP contribution in [-0.4, -0.2) is 60.3 Å². The Kier molecular flexibility index (Phi) is 8.58. The molecule has 0 aliphatic carbocycles. The van der Waals surface area contributed by atoms with Crippen LogP contribution < -0.4 is 14.8 Å². The Labute approximate surface area is 205 Å². The summed E-state index contributed by atoms with van der Waals surface area (Å²) in [5, 5.41) is 2.96. The van der Waals surface area contributed by atoms with Gasteiger partial charge in [-0.3, -0.25) is 4.79 Å². The van der Waals surface area contributed by atoms with Crippen molar-refractivity contribution in [1.82, 2.24) is 14.3 Å². The number of carbonyl (C=O) groups excluding carboxylic acids is 1. The molecule has 1 atom stereocenters. The van der Waals surface area contributed by atoms with Crippen molar-refractivity contribution in [1.29, 1.82) is 0 Å². The van der Waals surface area contributed by atoms with Crippen LogP contribution in [0.1, 0.15) is 18.4 Å². The monoisotopic (exact) mass is 529 g/mol. The molecule has 0 unspecified atom stereocenters. The number of hydrogen-bond donors (Lipinski definition) is 2. The zero-order chi connectivity index (χ0) is 24.9. The Morgan fingerprint density at radius 1 is 1.12 bits per heavy atom. The van der Waals surface area contributed by atoms with Crippen LogP contribution in [0.2, 0.25) is 5.02 Å². The Morgan fingerprint density at radius 3 is 2.50 bits per heavy atom. The molecule has 0 radical (unpaired) electrons. The third-order valence-corrected chi connectivity index (χ3v) is 9.14. The first-order chi connectivity index (χ1) is 16.0. The first-order valence-corrected chi connectivity index (χ1v) is 14.0. The minimum Gasteiger partial charge on any atom is -0.495 e. The molecule has 1 aliphatic rings. The van der Waals surface area contributed by atoms with E-state index in [0.717, 1.165) is 5.56 Å². The first kappa shape index (κ1) is 26.4. The minimum atomic E-state index is -3.92. The summed E-state index contributed by atoms with van der Waals surface area (Å²) >= 11 is 6.00. The third kappa shape index (κ3) is 6.28. The van der Waals surface area contributed by atoms with Crippen molar-refractivity contribution in [2.75, 3.05) is 33.3 Å². The number of methoxy groups -OCH3 is 1. The molecular weight excluding hydrogens is 502 g/mol. The number of ether oxygens (including phenoxy) is 1. The van der Waals surface area contributed by atoms with Gasteiger partial charge in [-0.15, -0.1) is 0 Å². The molecule has 0 spiro atoms. The van der Waals surface area contributed by atoms with Crippen molar-refractivity contribution in [2.45, 2.75) is 29.6 Å². The molecule has 2 aromatic rings. The number of carbonyl (C=O) groups is 1. The van der Waals surface area contributed by atoms with Crippen molar-refractivity contribution < 1.29 is 26.4 Å². The van der Waals surface area contributed by atoms with E-state index in [1.165, 1.54) is 35.7 Å². The van der Waals surface area contributed by atoms with Crippen LogP contribution >= 0.6 is 11.6 Å². The molecule has 1 saturated heterocycles. The lowest BCUT2D eigenvalue weighted by Gasteiger charge is -2.31. The zero-order valence-electron chi connectivity index (χ0n) is 19.0. The molecule has 12 heteroatoms. The maximum Gasteiger partial charge on any atom is 0.246 e. The fraction of sp³-hybridized carbons (Fsp3) is 0.409. The number of hydrogen-bond acceptors (Lipinski definition) is 6. The smallest absolute Gasteiger partial charge is 0.246 e. The number of sulfonamides is 2. The summed E-state index contributed by atoms with van der Waals surface area (Å²) in [4.78, 5) is 12.8. The minimum absolute atomic E-state index is 0.0103. The first-order valence-electron chi connectivity index (χ1n) is 10.7. The molecule has 1 fully saturated rings. The normalized spacial score (nSPS) is 17.3. The van der Waals surface area contributed by atoms with E-state index in [1.54, 1.807) is 18.2 Å². The highest BCUT2D eigenvalue weighted by atomic mass is 35.5. The van der Waals surface area contributed by atoms with Crippen LogP contribution in [0.4, 0.5) is 0 Å². The number of nitrogens with one attached hydrogen (secondary N) is 2. The van der Waals surface area contributed by atoms with E-state index in [-0.39, 0.29) is 52.6 Å². The highest BCUT2D eigenvalue weighted by molar-refractivity contribution is 7.89. The Hall–Kier alpha value is -2.18. The van der Waals surface area contributed by atoms with E-state index >= 15 is 0 Å². The number of piperidine rings is 1. The van der Waals surface area contributed by atoms with Crippen molar-refractivity contribution in [2.24, 2.45) is 5.92 Å². The number of aryl methyl sites for hydroxylation is 1. The Balaban J connectivity index is 1.57. The lowest BCUT2D eigenvalue weighted by atomic mass is 9.99. The number of nitrogens with zero attached hydrogens (tertiary/aromatic N) is 1. The number of halogens is 1. The summed E-state index contributed by atoms with van der Waals surface area (Å²) in [6.07, 6.45) is 1.04. The van der Waals surface area contributed by atoms with Gasteiger partial charge in [-0.05, 0) is 50.1 Å². The van der Waals surface area contributed by atoms with Crippen molar-refractivity contribution in [3.63, 3.8) is 0 Å². The molecule has 2 aromatic carbocycles. The van der Waals surface area contributed by atoms with E-state index < -0.39 is 26.0 Å². The van der Waals surface area contributed by atoms with Crippen molar-refractivity contribution >= 4 is 37.6 Å². The van der Waals surface area contributed by atoms with Gasteiger partial charge in [0.2, 0.25) is 26.0 Å². The maximum atomic E-state index is 13.2. The second-order valence-electron chi connectivity index (χ2n) is 8.00. The number of amides is 1. The van der Waals surface area contributed by atoms with E-state index in [1.807, 2.05) is 6.92 Å². The van der Waals surface area contributed by atoms with Gasteiger partial charge in [-0.2, -0.15) is 4.31 Å². The van der Waals surface area contributed by atoms with Gasteiger partial charge in [0.1, 0.15) is 10.6 Å². The lowest BCUT2D eigenvalue weighted by molar-refractivity contribution is -0.126. The molecule has 9 nitrogen and oxygen atoms in total. The predicted octanol–water partition coefficient (Wildman–Crippen LogP) is 2.15. The van der Waals surface area contributed by atoms with Gasteiger partial charge in [0.05, 0.1) is 17.9 Å².